The van der Waals surface area contributed by atoms with Crippen LogP contribution in [0.2, 0.25) is 0 Å². The number of carbonyl (C=O) groups excluding carboxylic acids is 1. The second-order valence-electron chi connectivity index (χ2n) is 4.88. The Morgan fingerprint density at radius 2 is 2.04 bits per heavy atom. The lowest BCUT2D eigenvalue weighted by atomic mass is 10.2. The Morgan fingerprint density at radius 1 is 1.20 bits per heavy atom. The van der Waals surface area contributed by atoms with Gasteiger partial charge in [-0.3, -0.25) is 4.79 Å². The highest BCUT2D eigenvalue weighted by Crippen LogP contribution is 2.22. The van der Waals surface area contributed by atoms with E-state index in [2.05, 4.69) is 26.5 Å². The Bertz CT molecular complexity index is 750. The lowest BCUT2D eigenvalue weighted by Gasteiger charge is -2.09. The molecule has 7 heteroatoms. The van der Waals surface area contributed by atoms with Gasteiger partial charge < -0.3 is 14.2 Å². The Kier molecular flexibility index (Phi) is 7.28. The Hall–Kier alpha value is -2.54. The summed E-state index contributed by atoms with van der Waals surface area (Å²) < 4.78 is 17.0. The van der Waals surface area contributed by atoms with Gasteiger partial charge in [0.15, 0.2) is 6.61 Å². The number of carbonyl (C=O) groups is 1. The summed E-state index contributed by atoms with van der Waals surface area (Å²) in [5, 5.41) is 3.94. The molecule has 0 saturated carbocycles. The molecule has 0 unspecified atom stereocenters. The smallest absolute Gasteiger partial charge is 0.277 e. The van der Waals surface area contributed by atoms with E-state index in [1.807, 2.05) is 19.1 Å². The van der Waals surface area contributed by atoms with Gasteiger partial charge in [-0.05, 0) is 43.3 Å². The molecule has 132 valence electrons. The van der Waals surface area contributed by atoms with Gasteiger partial charge in [0.1, 0.15) is 17.2 Å². The molecule has 25 heavy (non-hydrogen) atoms. The molecule has 1 amide bonds. The van der Waals surface area contributed by atoms with E-state index in [0.29, 0.717) is 29.4 Å². The minimum Gasteiger partial charge on any atom is -0.497 e. The van der Waals surface area contributed by atoms with Gasteiger partial charge in [-0.25, -0.2) is 5.43 Å². The van der Waals surface area contributed by atoms with Crippen molar-refractivity contribution in [1.82, 2.24) is 5.43 Å². The van der Waals surface area contributed by atoms with Crippen LogP contribution in [0.25, 0.3) is 0 Å². The molecule has 0 aromatic heterocycles. The molecule has 0 saturated heterocycles. The number of ether oxygens (including phenoxy) is 3. The molecule has 2 aromatic carbocycles. The summed E-state index contributed by atoms with van der Waals surface area (Å²) >= 11 is 3.34. The van der Waals surface area contributed by atoms with E-state index >= 15 is 0 Å². The number of hydrogen-bond acceptors (Lipinski definition) is 5. The average molecular weight is 407 g/mol. The molecule has 0 aliphatic carbocycles. The van der Waals surface area contributed by atoms with E-state index in [0.717, 1.165) is 4.47 Å². The molecule has 6 nitrogen and oxygen atoms in total. The summed E-state index contributed by atoms with van der Waals surface area (Å²) in [6, 6.07) is 12.6. The Morgan fingerprint density at radius 3 is 2.76 bits per heavy atom. The fourth-order valence-corrected chi connectivity index (χ4v) is 2.33. The molecule has 0 spiro atoms. The zero-order chi connectivity index (χ0) is 18.1. The zero-order valence-electron chi connectivity index (χ0n) is 14.0. The van der Waals surface area contributed by atoms with E-state index in [1.54, 1.807) is 37.4 Å². The first kappa shape index (κ1) is 18.8. The second-order valence-corrected chi connectivity index (χ2v) is 5.79. The molecule has 1 N–H and O–H groups in total. The Labute approximate surface area is 154 Å². The number of amides is 1. The standard InChI is InChI=1S/C18H19BrN2O4/c1-3-24-17-8-7-15(23-2)9-13(17)11-20-21-18(22)12-25-16-6-4-5-14(19)10-16/h4-11H,3,12H2,1-2H3,(H,21,22). The van der Waals surface area contributed by atoms with E-state index in [4.69, 9.17) is 14.2 Å². The number of benzene rings is 2. The van der Waals surface area contributed by atoms with Crippen molar-refractivity contribution < 1.29 is 19.0 Å². The lowest BCUT2D eigenvalue weighted by Crippen LogP contribution is -2.24. The van der Waals surface area contributed by atoms with E-state index in [-0.39, 0.29) is 12.5 Å². The minimum absolute atomic E-state index is 0.135. The summed E-state index contributed by atoms with van der Waals surface area (Å²) in [5.74, 6) is 1.57. The predicted octanol–water partition coefficient (Wildman–Crippen LogP) is 3.39. The summed E-state index contributed by atoms with van der Waals surface area (Å²) in [5.41, 5.74) is 3.12. The molecule has 0 fully saturated rings. The second kappa shape index (κ2) is 9.68. The highest BCUT2D eigenvalue weighted by Gasteiger charge is 2.05. The largest absolute Gasteiger partial charge is 0.497 e. The topological polar surface area (TPSA) is 69.2 Å². The number of halogens is 1. The van der Waals surface area contributed by atoms with Crippen molar-refractivity contribution in [1.29, 1.82) is 0 Å². The molecule has 0 bridgehead atoms. The molecule has 2 aromatic rings. The van der Waals surface area contributed by atoms with Gasteiger partial charge in [0.05, 0.1) is 19.9 Å². The van der Waals surface area contributed by atoms with Crippen molar-refractivity contribution in [2.24, 2.45) is 5.10 Å². The predicted molar refractivity (Wildman–Crippen MR) is 99.5 cm³/mol. The van der Waals surface area contributed by atoms with Crippen molar-refractivity contribution in [3.05, 3.63) is 52.5 Å². The number of hydrogen-bond donors (Lipinski definition) is 1. The van der Waals surface area contributed by atoms with Crippen LogP contribution in [0.5, 0.6) is 17.2 Å². The first-order valence-corrected chi connectivity index (χ1v) is 8.42. The van der Waals surface area contributed by atoms with Crippen LogP contribution in [-0.4, -0.2) is 32.4 Å². The maximum atomic E-state index is 11.8. The Balaban J connectivity index is 1.92. The van der Waals surface area contributed by atoms with Crippen molar-refractivity contribution in [3.63, 3.8) is 0 Å². The number of nitrogens with zero attached hydrogens (tertiary/aromatic N) is 1. The van der Waals surface area contributed by atoms with Crippen LogP contribution < -0.4 is 19.6 Å². The average Bonchev–Trinajstić information content (AvgIpc) is 2.61. The third-order valence-corrected chi connectivity index (χ3v) is 3.57. The molecule has 0 radical (unpaired) electrons. The van der Waals surface area contributed by atoms with Gasteiger partial charge in [-0.15, -0.1) is 0 Å². The third kappa shape index (κ3) is 6.11. The molecule has 0 heterocycles. The van der Waals surface area contributed by atoms with Gasteiger partial charge in [0.25, 0.3) is 5.91 Å². The van der Waals surface area contributed by atoms with Crippen molar-refractivity contribution in [2.75, 3.05) is 20.3 Å². The van der Waals surface area contributed by atoms with E-state index in [1.165, 1.54) is 6.21 Å². The van der Waals surface area contributed by atoms with Crippen LogP contribution in [0.4, 0.5) is 0 Å². The maximum absolute atomic E-state index is 11.8. The van der Waals surface area contributed by atoms with Crippen LogP contribution in [0, 0.1) is 0 Å². The summed E-state index contributed by atoms with van der Waals surface area (Å²) in [7, 11) is 1.58. The monoisotopic (exact) mass is 406 g/mol. The highest BCUT2D eigenvalue weighted by molar-refractivity contribution is 9.10. The molecule has 0 aliphatic rings. The molecule has 0 aliphatic heterocycles. The highest BCUT2D eigenvalue weighted by atomic mass is 79.9. The lowest BCUT2D eigenvalue weighted by molar-refractivity contribution is -0.123. The number of rotatable bonds is 8. The molecule has 0 atom stereocenters. The third-order valence-electron chi connectivity index (χ3n) is 3.08. The first-order valence-electron chi connectivity index (χ1n) is 7.63. The quantitative estimate of drug-likeness (QED) is 0.538. The maximum Gasteiger partial charge on any atom is 0.277 e. The molecule has 2 rings (SSSR count). The normalized spacial score (nSPS) is 10.5. The van der Waals surface area contributed by atoms with Gasteiger partial charge in [0.2, 0.25) is 0 Å². The zero-order valence-corrected chi connectivity index (χ0v) is 15.6. The fourth-order valence-electron chi connectivity index (χ4n) is 1.95. The van der Waals surface area contributed by atoms with Gasteiger partial charge >= 0.3 is 0 Å². The summed E-state index contributed by atoms with van der Waals surface area (Å²) in [6.07, 6.45) is 1.50. The van der Waals surface area contributed by atoms with Crippen LogP contribution in [0.3, 0.4) is 0 Å². The molecular weight excluding hydrogens is 388 g/mol. The van der Waals surface area contributed by atoms with E-state index < -0.39 is 0 Å². The van der Waals surface area contributed by atoms with Gasteiger partial charge in [0, 0.05) is 10.0 Å². The summed E-state index contributed by atoms with van der Waals surface area (Å²) in [6.45, 7) is 2.29. The first-order chi connectivity index (χ1) is 12.1. The number of nitrogens with one attached hydrogen (secondary N) is 1. The van der Waals surface area contributed by atoms with Crippen molar-refractivity contribution in [3.8, 4) is 17.2 Å². The van der Waals surface area contributed by atoms with Gasteiger partial charge in [-0.2, -0.15) is 5.10 Å². The molecular formula is C18H19BrN2O4. The van der Waals surface area contributed by atoms with Gasteiger partial charge in [-0.1, -0.05) is 22.0 Å². The van der Waals surface area contributed by atoms with Crippen LogP contribution in [0.1, 0.15) is 12.5 Å². The van der Waals surface area contributed by atoms with Crippen LogP contribution in [-0.2, 0) is 4.79 Å². The fraction of sp³-hybridized carbons (Fsp3) is 0.222. The number of methoxy groups -OCH3 is 1. The minimum atomic E-state index is -0.364. The summed E-state index contributed by atoms with van der Waals surface area (Å²) in [4.78, 5) is 11.8. The number of hydrazone groups is 1. The van der Waals surface area contributed by atoms with Crippen LogP contribution in [0.15, 0.2) is 52.0 Å². The van der Waals surface area contributed by atoms with E-state index in [9.17, 15) is 4.79 Å². The van der Waals surface area contributed by atoms with Crippen LogP contribution >= 0.6 is 15.9 Å². The van der Waals surface area contributed by atoms with Crippen molar-refractivity contribution >= 4 is 28.1 Å². The SMILES string of the molecule is CCOc1ccc(OC)cc1C=NNC(=O)COc1cccc(Br)c1. The van der Waals surface area contributed by atoms with Crippen molar-refractivity contribution in [2.45, 2.75) is 6.92 Å².